The Bertz CT molecular complexity index is 568. The highest BCUT2D eigenvalue weighted by molar-refractivity contribution is 5.59. The van der Waals surface area contributed by atoms with Gasteiger partial charge in [0.05, 0.1) is 25.5 Å². The maximum absolute atomic E-state index is 13.7. The number of ether oxygens (including phenoxy) is 1. The van der Waals surface area contributed by atoms with Gasteiger partial charge in [-0.2, -0.15) is 0 Å². The van der Waals surface area contributed by atoms with Crippen molar-refractivity contribution in [3.8, 4) is 17.0 Å². The summed E-state index contributed by atoms with van der Waals surface area (Å²) >= 11 is 0. The fourth-order valence-electron chi connectivity index (χ4n) is 1.85. The molecule has 2 aromatic rings. The molecular weight excluding hydrogens is 257 g/mol. The first-order chi connectivity index (χ1) is 9.63. The molecule has 4 nitrogen and oxygen atoms in total. The number of H-pyrrole nitrogens is 1. The number of methoxy groups -OCH3 is 1. The van der Waals surface area contributed by atoms with Gasteiger partial charge >= 0.3 is 0 Å². The summed E-state index contributed by atoms with van der Waals surface area (Å²) in [6.07, 6.45) is 2.78. The van der Waals surface area contributed by atoms with E-state index in [0.29, 0.717) is 12.6 Å². The number of nitrogens with zero attached hydrogens (tertiary/aromatic N) is 1. The summed E-state index contributed by atoms with van der Waals surface area (Å²) < 4.78 is 18.6. The van der Waals surface area contributed by atoms with Crippen LogP contribution in [0.15, 0.2) is 24.4 Å². The second-order valence-electron chi connectivity index (χ2n) is 4.78. The predicted octanol–water partition coefficient (Wildman–Crippen LogP) is 3.11. The molecule has 0 fully saturated rings. The van der Waals surface area contributed by atoms with Crippen molar-refractivity contribution < 1.29 is 9.13 Å². The fraction of sp³-hybridized carbons (Fsp3) is 0.400. The van der Waals surface area contributed by atoms with Crippen LogP contribution in [0, 0.1) is 5.82 Å². The summed E-state index contributed by atoms with van der Waals surface area (Å²) in [6, 6.07) is 5.31. The number of imidazole rings is 1. The van der Waals surface area contributed by atoms with Gasteiger partial charge in [-0.05, 0) is 31.5 Å². The second kappa shape index (κ2) is 6.52. The minimum atomic E-state index is -0.376. The first kappa shape index (κ1) is 14.5. The molecule has 0 aliphatic rings. The maximum atomic E-state index is 13.7. The number of hydrogen-bond acceptors (Lipinski definition) is 3. The van der Waals surface area contributed by atoms with Gasteiger partial charge in [0.2, 0.25) is 0 Å². The van der Waals surface area contributed by atoms with Gasteiger partial charge in [-0.15, -0.1) is 0 Å². The van der Waals surface area contributed by atoms with Crippen molar-refractivity contribution >= 4 is 0 Å². The lowest BCUT2D eigenvalue weighted by Crippen LogP contribution is -2.24. The smallest absolute Gasteiger partial charge is 0.165 e. The molecule has 0 saturated carbocycles. The molecule has 1 unspecified atom stereocenters. The average Bonchev–Trinajstić information content (AvgIpc) is 2.93. The van der Waals surface area contributed by atoms with Crippen LogP contribution in [-0.4, -0.2) is 23.1 Å². The molecule has 20 heavy (non-hydrogen) atoms. The average molecular weight is 277 g/mol. The van der Waals surface area contributed by atoms with Crippen molar-refractivity contribution in [2.24, 2.45) is 0 Å². The van der Waals surface area contributed by atoms with E-state index in [1.165, 1.54) is 13.2 Å². The summed E-state index contributed by atoms with van der Waals surface area (Å²) in [5, 5.41) is 3.36. The number of hydrogen-bond donors (Lipinski definition) is 2. The number of halogens is 1. The zero-order chi connectivity index (χ0) is 14.5. The Labute approximate surface area is 118 Å². The molecule has 0 aliphatic carbocycles. The Kier molecular flexibility index (Phi) is 4.74. The van der Waals surface area contributed by atoms with Gasteiger partial charge in [-0.3, -0.25) is 0 Å². The van der Waals surface area contributed by atoms with E-state index in [1.54, 1.807) is 18.3 Å². The molecule has 1 aromatic heterocycles. The van der Waals surface area contributed by atoms with Crippen LogP contribution in [0.2, 0.25) is 0 Å². The minimum absolute atomic E-state index is 0.243. The number of aromatic amines is 1. The van der Waals surface area contributed by atoms with Crippen molar-refractivity contribution in [2.45, 2.75) is 32.9 Å². The SMILES string of the molecule is CCC(C)NCc1ncc(-c2ccc(OC)c(F)c2)[nH]1. The van der Waals surface area contributed by atoms with Crippen molar-refractivity contribution in [1.29, 1.82) is 0 Å². The lowest BCUT2D eigenvalue weighted by molar-refractivity contribution is 0.386. The molecule has 2 rings (SSSR count). The molecule has 0 bridgehead atoms. The monoisotopic (exact) mass is 277 g/mol. The zero-order valence-electron chi connectivity index (χ0n) is 12.0. The van der Waals surface area contributed by atoms with Gasteiger partial charge in [0.25, 0.3) is 0 Å². The van der Waals surface area contributed by atoms with Gasteiger partial charge in [0.15, 0.2) is 11.6 Å². The molecule has 1 aromatic carbocycles. The van der Waals surface area contributed by atoms with E-state index in [1.807, 2.05) is 0 Å². The molecule has 1 heterocycles. The van der Waals surface area contributed by atoms with Gasteiger partial charge in [-0.1, -0.05) is 6.92 Å². The summed E-state index contributed by atoms with van der Waals surface area (Å²) in [4.78, 5) is 7.49. The van der Waals surface area contributed by atoms with Crippen LogP contribution in [0.5, 0.6) is 5.75 Å². The van der Waals surface area contributed by atoms with Gasteiger partial charge in [-0.25, -0.2) is 9.37 Å². The highest BCUT2D eigenvalue weighted by Crippen LogP contribution is 2.24. The van der Waals surface area contributed by atoms with Crippen molar-refractivity contribution in [2.75, 3.05) is 7.11 Å². The standard InChI is InChI=1S/C15H20FN3O/c1-4-10(2)17-9-15-18-8-13(19-15)11-5-6-14(20-3)12(16)7-11/h5-8,10,17H,4,9H2,1-3H3,(H,18,19). The Morgan fingerprint density at radius 2 is 2.25 bits per heavy atom. The van der Waals surface area contributed by atoms with Crippen LogP contribution in [0.25, 0.3) is 11.3 Å². The first-order valence-corrected chi connectivity index (χ1v) is 6.75. The van der Waals surface area contributed by atoms with Crippen molar-refractivity contribution in [3.05, 3.63) is 36.0 Å². The van der Waals surface area contributed by atoms with E-state index in [-0.39, 0.29) is 11.6 Å². The lowest BCUT2D eigenvalue weighted by atomic mass is 10.1. The quantitative estimate of drug-likeness (QED) is 0.853. The van der Waals surface area contributed by atoms with E-state index in [2.05, 4.69) is 29.1 Å². The Hall–Kier alpha value is -1.88. The van der Waals surface area contributed by atoms with Crippen LogP contribution in [-0.2, 0) is 6.54 Å². The summed E-state index contributed by atoms with van der Waals surface area (Å²) in [5.74, 6) is 0.710. The zero-order valence-corrected chi connectivity index (χ0v) is 12.0. The number of rotatable bonds is 6. The van der Waals surface area contributed by atoms with Crippen LogP contribution in [0.4, 0.5) is 4.39 Å². The van der Waals surface area contributed by atoms with E-state index in [4.69, 9.17) is 4.74 Å². The molecule has 0 spiro atoms. The number of nitrogens with one attached hydrogen (secondary N) is 2. The third-order valence-corrected chi connectivity index (χ3v) is 3.32. The van der Waals surface area contributed by atoms with E-state index < -0.39 is 0 Å². The summed E-state index contributed by atoms with van der Waals surface area (Å²) in [7, 11) is 1.45. The molecular formula is C15H20FN3O. The second-order valence-corrected chi connectivity index (χ2v) is 4.78. The van der Waals surface area contributed by atoms with Crippen LogP contribution >= 0.6 is 0 Å². The van der Waals surface area contributed by atoms with Crippen LogP contribution < -0.4 is 10.1 Å². The van der Waals surface area contributed by atoms with Crippen LogP contribution in [0.1, 0.15) is 26.1 Å². The predicted molar refractivity (Wildman–Crippen MR) is 77.1 cm³/mol. The topological polar surface area (TPSA) is 49.9 Å². The Balaban J connectivity index is 2.10. The fourth-order valence-corrected chi connectivity index (χ4v) is 1.85. The van der Waals surface area contributed by atoms with E-state index in [0.717, 1.165) is 23.5 Å². The number of benzene rings is 1. The highest BCUT2D eigenvalue weighted by Gasteiger charge is 2.08. The molecule has 0 saturated heterocycles. The summed E-state index contributed by atoms with van der Waals surface area (Å²) in [5.41, 5.74) is 1.55. The third-order valence-electron chi connectivity index (χ3n) is 3.32. The molecule has 0 aliphatic heterocycles. The van der Waals surface area contributed by atoms with Crippen molar-refractivity contribution in [1.82, 2.24) is 15.3 Å². The van der Waals surface area contributed by atoms with E-state index in [9.17, 15) is 4.39 Å². The number of aromatic nitrogens is 2. The molecule has 2 N–H and O–H groups in total. The maximum Gasteiger partial charge on any atom is 0.165 e. The van der Waals surface area contributed by atoms with Gasteiger partial charge in [0, 0.05) is 11.6 Å². The first-order valence-electron chi connectivity index (χ1n) is 6.75. The van der Waals surface area contributed by atoms with Gasteiger partial charge in [0.1, 0.15) is 5.82 Å². The molecule has 1 atom stereocenters. The Morgan fingerprint density at radius 3 is 2.90 bits per heavy atom. The molecule has 108 valence electrons. The largest absolute Gasteiger partial charge is 0.494 e. The van der Waals surface area contributed by atoms with Crippen LogP contribution in [0.3, 0.4) is 0 Å². The van der Waals surface area contributed by atoms with E-state index >= 15 is 0 Å². The van der Waals surface area contributed by atoms with Crippen molar-refractivity contribution in [3.63, 3.8) is 0 Å². The molecule has 0 amide bonds. The Morgan fingerprint density at radius 1 is 1.45 bits per heavy atom. The lowest BCUT2D eigenvalue weighted by Gasteiger charge is -2.09. The summed E-state index contributed by atoms with van der Waals surface area (Å²) in [6.45, 7) is 4.93. The highest BCUT2D eigenvalue weighted by atomic mass is 19.1. The van der Waals surface area contributed by atoms with Gasteiger partial charge < -0.3 is 15.0 Å². The molecule has 0 radical (unpaired) electrons. The minimum Gasteiger partial charge on any atom is -0.494 e. The molecule has 5 heteroatoms. The third kappa shape index (κ3) is 3.36. The normalized spacial score (nSPS) is 12.4.